The van der Waals surface area contributed by atoms with Crippen LogP contribution < -0.4 is 5.32 Å². The first kappa shape index (κ1) is 13.6. The first-order chi connectivity index (χ1) is 8.70. The molecule has 0 bridgehead atoms. The number of hydrogen-bond donors (Lipinski definition) is 1. The average Bonchev–Trinajstić information content (AvgIpc) is 2.37. The second kappa shape index (κ2) is 6.38. The molecule has 0 saturated carbocycles. The van der Waals surface area contributed by atoms with Gasteiger partial charge in [-0.25, -0.2) is 9.97 Å². The minimum atomic E-state index is 0.630. The summed E-state index contributed by atoms with van der Waals surface area (Å²) in [6.07, 6.45) is 0.897. The molecule has 0 aliphatic carbocycles. The fourth-order valence-electron chi connectivity index (χ4n) is 1.94. The average molecular weight is 267 g/mol. The normalized spacial score (nSPS) is 14.7. The van der Waals surface area contributed by atoms with E-state index >= 15 is 0 Å². The van der Waals surface area contributed by atoms with E-state index in [1.165, 1.54) is 0 Å². The first-order valence-electron chi connectivity index (χ1n) is 6.42. The third kappa shape index (κ3) is 3.36. The van der Waals surface area contributed by atoms with Gasteiger partial charge < -0.3 is 10.1 Å². The van der Waals surface area contributed by atoms with E-state index in [-0.39, 0.29) is 0 Å². The van der Waals surface area contributed by atoms with E-state index in [0.717, 1.165) is 47.4 Å². The van der Waals surface area contributed by atoms with Crippen molar-refractivity contribution in [2.45, 2.75) is 32.6 Å². The highest BCUT2D eigenvalue weighted by atomic mass is 32.2. The molecule has 1 aromatic rings. The Balaban J connectivity index is 2.11. The lowest BCUT2D eigenvalue weighted by Gasteiger charge is -2.19. The van der Waals surface area contributed by atoms with Crippen LogP contribution in [-0.2, 0) is 23.5 Å². The van der Waals surface area contributed by atoms with Crippen LogP contribution in [0.3, 0.4) is 0 Å². The quantitative estimate of drug-likeness (QED) is 0.888. The highest BCUT2D eigenvalue weighted by molar-refractivity contribution is 7.98. The topological polar surface area (TPSA) is 47.0 Å². The van der Waals surface area contributed by atoms with Crippen LogP contribution in [-0.4, -0.2) is 29.4 Å². The molecule has 0 spiro atoms. The molecule has 1 N–H and O–H groups in total. The van der Waals surface area contributed by atoms with Crippen molar-refractivity contribution < 1.29 is 4.74 Å². The predicted molar refractivity (Wildman–Crippen MR) is 75.9 cm³/mol. The maximum atomic E-state index is 5.47. The van der Waals surface area contributed by atoms with Crippen LogP contribution >= 0.6 is 11.8 Å². The van der Waals surface area contributed by atoms with Crippen LogP contribution in [0, 0.1) is 5.92 Å². The number of aromatic nitrogens is 2. The number of rotatable bonds is 5. The molecule has 1 aliphatic heterocycles. The molecule has 0 fully saturated rings. The van der Waals surface area contributed by atoms with Crippen LogP contribution in [0.25, 0.3) is 0 Å². The highest BCUT2D eigenvalue weighted by Crippen LogP contribution is 2.23. The highest BCUT2D eigenvalue weighted by Gasteiger charge is 2.17. The molecule has 0 amide bonds. The molecule has 1 aromatic heterocycles. The van der Waals surface area contributed by atoms with Crippen molar-refractivity contribution in [3.8, 4) is 0 Å². The third-order valence-electron chi connectivity index (χ3n) is 2.79. The number of thioether (sulfide) groups is 1. The second-order valence-corrected chi connectivity index (χ2v) is 5.91. The zero-order chi connectivity index (χ0) is 13.0. The molecule has 18 heavy (non-hydrogen) atoms. The van der Waals surface area contributed by atoms with E-state index in [0.29, 0.717) is 12.5 Å². The van der Waals surface area contributed by atoms with Crippen LogP contribution in [0.5, 0.6) is 0 Å². The van der Waals surface area contributed by atoms with Crippen LogP contribution in [0.4, 0.5) is 5.82 Å². The minimum Gasteiger partial charge on any atom is -0.376 e. The maximum absolute atomic E-state index is 5.47. The molecular formula is C13H21N3OS. The summed E-state index contributed by atoms with van der Waals surface area (Å²) in [5.74, 6) is 4.62. The molecule has 0 aromatic carbocycles. The fraction of sp³-hybridized carbons (Fsp3) is 0.692. The molecule has 0 unspecified atom stereocenters. The molecule has 100 valence electrons. The van der Waals surface area contributed by atoms with Crippen molar-refractivity contribution in [1.82, 2.24) is 9.97 Å². The van der Waals surface area contributed by atoms with Gasteiger partial charge in [0.15, 0.2) is 0 Å². The Labute approximate surface area is 113 Å². The van der Waals surface area contributed by atoms with E-state index in [1.54, 1.807) is 0 Å². The zero-order valence-electron chi connectivity index (χ0n) is 11.3. The Hall–Kier alpha value is -0.810. The number of anilines is 1. The van der Waals surface area contributed by atoms with Crippen LogP contribution in [0.15, 0.2) is 0 Å². The molecular weight excluding hydrogens is 246 g/mol. The molecule has 2 heterocycles. The van der Waals surface area contributed by atoms with E-state index in [2.05, 4.69) is 29.1 Å². The number of fused-ring (bicyclic) bond motifs is 1. The Morgan fingerprint density at radius 1 is 1.39 bits per heavy atom. The lowest BCUT2D eigenvalue weighted by molar-refractivity contribution is 0.109. The van der Waals surface area contributed by atoms with Crippen LogP contribution in [0.1, 0.15) is 30.9 Å². The summed E-state index contributed by atoms with van der Waals surface area (Å²) >= 11 is 1.90. The maximum Gasteiger partial charge on any atom is 0.140 e. The molecule has 2 rings (SSSR count). The van der Waals surface area contributed by atoms with Crippen molar-refractivity contribution in [3.63, 3.8) is 0 Å². The van der Waals surface area contributed by atoms with Gasteiger partial charge in [-0.2, -0.15) is 11.8 Å². The Morgan fingerprint density at radius 3 is 2.94 bits per heavy atom. The summed E-state index contributed by atoms with van der Waals surface area (Å²) in [6.45, 7) is 5.87. The lowest BCUT2D eigenvalue weighted by Crippen LogP contribution is -2.17. The van der Waals surface area contributed by atoms with Gasteiger partial charge in [-0.05, 0) is 11.7 Å². The Kier molecular flexibility index (Phi) is 4.83. The summed E-state index contributed by atoms with van der Waals surface area (Å²) in [4.78, 5) is 9.25. The van der Waals surface area contributed by atoms with E-state index < -0.39 is 0 Å². The lowest BCUT2D eigenvalue weighted by atomic mass is 10.1. The van der Waals surface area contributed by atoms with Gasteiger partial charge in [0.2, 0.25) is 0 Å². The Bertz CT molecular complexity index is 392. The minimum absolute atomic E-state index is 0.630. The van der Waals surface area contributed by atoms with Gasteiger partial charge in [0.05, 0.1) is 24.7 Å². The van der Waals surface area contributed by atoms with Gasteiger partial charge >= 0.3 is 0 Å². The van der Waals surface area contributed by atoms with E-state index in [1.807, 2.05) is 18.8 Å². The van der Waals surface area contributed by atoms with E-state index in [4.69, 9.17) is 4.74 Å². The molecule has 1 aliphatic rings. The monoisotopic (exact) mass is 267 g/mol. The van der Waals surface area contributed by atoms with Gasteiger partial charge in [-0.1, -0.05) is 13.8 Å². The van der Waals surface area contributed by atoms with Gasteiger partial charge in [0, 0.05) is 19.0 Å². The fourth-order valence-corrected chi connectivity index (χ4v) is 2.84. The van der Waals surface area contributed by atoms with Crippen LogP contribution in [0.2, 0.25) is 0 Å². The predicted octanol–water partition coefficient (Wildman–Crippen LogP) is 2.48. The number of nitrogens with one attached hydrogen (secondary N) is 1. The number of ether oxygens (including phenoxy) is 1. The summed E-state index contributed by atoms with van der Waals surface area (Å²) in [7, 11) is 1.91. The second-order valence-electron chi connectivity index (χ2n) is 4.88. The van der Waals surface area contributed by atoms with Gasteiger partial charge in [-0.3, -0.25) is 0 Å². The van der Waals surface area contributed by atoms with Gasteiger partial charge in [-0.15, -0.1) is 0 Å². The van der Waals surface area contributed by atoms with Crippen molar-refractivity contribution >= 4 is 17.6 Å². The Morgan fingerprint density at radius 2 is 2.22 bits per heavy atom. The summed E-state index contributed by atoms with van der Waals surface area (Å²) in [5, 5.41) is 3.15. The van der Waals surface area contributed by atoms with E-state index in [9.17, 15) is 0 Å². The molecule has 0 saturated heterocycles. The molecule has 0 atom stereocenters. The summed E-state index contributed by atoms with van der Waals surface area (Å²) in [6, 6.07) is 0. The van der Waals surface area contributed by atoms with Gasteiger partial charge in [0.1, 0.15) is 11.6 Å². The standard InChI is InChI=1S/C13H21N3OS/c1-9(2)7-18-8-12-15-11-4-5-17-6-10(11)13(14-3)16-12/h9H,4-8H2,1-3H3,(H,14,15,16). The number of hydrogen-bond acceptors (Lipinski definition) is 5. The summed E-state index contributed by atoms with van der Waals surface area (Å²) in [5.41, 5.74) is 2.28. The summed E-state index contributed by atoms with van der Waals surface area (Å²) < 4.78 is 5.47. The number of nitrogens with zero attached hydrogens (tertiary/aromatic N) is 2. The SMILES string of the molecule is CNc1nc(CSCC(C)C)nc2c1COCC2. The van der Waals surface area contributed by atoms with Crippen molar-refractivity contribution in [2.24, 2.45) is 5.92 Å². The van der Waals surface area contributed by atoms with Crippen molar-refractivity contribution in [2.75, 3.05) is 24.7 Å². The molecule has 5 heteroatoms. The third-order valence-corrected chi connectivity index (χ3v) is 4.15. The smallest absolute Gasteiger partial charge is 0.140 e. The largest absolute Gasteiger partial charge is 0.376 e. The molecule has 0 radical (unpaired) electrons. The zero-order valence-corrected chi connectivity index (χ0v) is 12.1. The first-order valence-corrected chi connectivity index (χ1v) is 7.58. The van der Waals surface area contributed by atoms with Gasteiger partial charge in [0.25, 0.3) is 0 Å². The van der Waals surface area contributed by atoms with Crippen molar-refractivity contribution in [1.29, 1.82) is 0 Å². The molecule has 4 nitrogen and oxygen atoms in total. The van der Waals surface area contributed by atoms with Crippen molar-refractivity contribution in [3.05, 3.63) is 17.1 Å².